The Morgan fingerprint density at radius 3 is 2.13 bits per heavy atom. The molecular weight excluding hydrogens is 596 g/mol. The summed E-state index contributed by atoms with van der Waals surface area (Å²) < 4.78 is 0. The lowest BCUT2D eigenvalue weighted by atomic mass is 10.0. The number of carboxylic acids is 1. The second-order valence-electron chi connectivity index (χ2n) is 11.4. The van der Waals surface area contributed by atoms with E-state index in [2.05, 4.69) is 43.0 Å². The number of carbonyl (C=O) groups excluding carboxylic acids is 1. The van der Waals surface area contributed by atoms with Crippen LogP contribution in [0, 0.1) is 0 Å². The van der Waals surface area contributed by atoms with Crippen LogP contribution in [0.5, 0.6) is 5.75 Å². The molecule has 47 heavy (non-hydrogen) atoms. The number of carboxylic acid groups (broad SMARTS) is 1. The van der Waals surface area contributed by atoms with Crippen LogP contribution in [0.1, 0.15) is 34.8 Å². The largest absolute Gasteiger partial charge is 0.505 e. The topological polar surface area (TPSA) is 163 Å². The zero-order valence-corrected chi connectivity index (χ0v) is 26.6. The highest BCUT2D eigenvalue weighted by molar-refractivity contribution is 6.52. The Labute approximate surface area is 274 Å². The number of nitrogens with one attached hydrogen (secondary N) is 5. The normalized spacial score (nSPS) is 17.8. The maximum atomic E-state index is 11.9. The number of fused-ring (bicyclic) bond motifs is 1. The van der Waals surface area contributed by atoms with Crippen LogP contribution in [-0.4, -0.2) is 85.9 Å². The minimum Gasteiger partial charge on any atom is -0.505 e. The van der Waals surface area contributed by atoms with Gasteiger partial charge in [-0.25, -0.2) is 14.6 Å². The van der Waals surface area contributed by atoms with Gasteiger partial charge >= 0.3 is 5.97 Å². The third-order valence-electron chi connectivity index (χ3n) is 8.11. The second-order valence-corrected chi connectivity index (χ2v) is 11.4. The van der Waals surface area contributed by atoms with Crippen molar-refractivity contribution < 1.29 is 19.8 Å². The van der Waals surface area contributed by atoms with Crippen LogP contribution in [-0.2, 0) is 17.6 Å². The summed E-state index contributed by atoms with van der Waals surface area (Å²) in [4.78, 5) is 23.2. The van der Waals surface area contributed by atoms with Crippen molar-refractivity contribution in [2.24, 2.45) is 10.2 Å². The van der Waals surface area contributed by atoms with Crippen molar-refractivity contribution in [2.75, 3.05) is 62.8 Å². The zero-order valence-electron chi connectivity index (χ0n) is 26.6. The number of para-hydroxylation sites is 1. The molecule has 4 aliphatic rings. The molecule has 0 spiro atoms. The van der Waals surface area contributed by atoms with E-state index in [-0.39, 0.29) is 17.0 Å². The number of anilines is 2. The molecule has 246 valence electrons. The smallest absolute Gasteiger partial charge is 0.335 e. The first-order chi connectivity index (χ1) is 23.0. The molecule has 12 nitrogen and oxygen atoms in total. The predicted molar refractivity (Wildman–Crippen MR) is 186 cm³/mol. The molecule has 1 aliphatic carbocycles. The molecule has 0 atom stereocenters. The number of phenols is 1. The fraction of sp³-hybridized carbons (Fsp3) is 0.343. The van der Waals surface area contributed by atoms with Gasteiger partial charge in [0.05, 0.1) is 22.6 Å². The standard InChI is InChI=1S/C27H22N4O4.2C4H10N2/c1-16-25(24(15-32)31(30-16)21-12-11-17-5-2-6-18(17)14-21)29-28-23-10-4-9-22(26(23)33)19-7-3-8-20(13-19)27(34)35;2*1-2-6-4-3-5-1/h3-4,7-14,28,33H,2,5-6H2,1H3,(H,34,35);2*5-6H,1-4H2. The molecule has 3 aliphatic heterocycles. The maximum absolute atomic E-state index is 11.9. The van der Waals surface area contributed by atoms with Crippen LogP contribution in [0.3, 0.4) is 0 Å². The number of aromatic hydroxyl groups is 1. The molecule has 0 saturated carbocycles. The van der Waals surface area contributed by atoms with Crippen molar-refractivity contribution in [3.63, 3.8) is 0 Å². The molecule has 0 amide bonds. The van der Waals surface area contributed by atoms with Gasteiger partial charge in [-0.15, -0.1) is 0 Å². The number of hydrogen-bond acceptors (Lipinski definition) is 11. The number of carbonyl (C=O) groups is 1. The number of phenolic OH excluding ortho intramolecular Hbond substituents is 1. The number of hydrazone groups is 2. The summed E-state index contributed by atoms with van der Waals surface area (Å²) in [6.07, 6.45) is 3.19. The minimum absolute atomic E-state index is 0.0981. The summed E-state index contributed by atoms with van der Waals surface area (Å²) in [5.74, 6) is 0.805. The van der Waals surface area contributed by atoms with Crippen LogP contribution >= 0.6 is 0 Å². The van der Waals surface area contributed by atoms with Crippen molar-refractivity contribution in [3.05, 3.63) is 83.1 Å². The lowest BCUT2D eigenvalue weighted by Gasteiger charge is -2.15. The van der Waals surface area contributed by atoms with Crippen molar-refractivity contribution in [1.82, 2.24) is 21.3 Å². The number of aryl methyl sites for hydroxylation is 2. The molecule has 3 aromatic rings. The highest BCUT2D eigenvalue weighted by Gasteiger charge is 2.29. The van der Waals surface area contributed by atoms with E-state index in [9.17, 15) is 19.8 Å². The molecule has 0 bridgehead atoms. The fourth-order valence-corrected chi connectivity index (χ4v) is 5.63. The fourth-order valence-electron chi connectivity index (χ4n) is 5.63. The summed E-state index contributed by atoms with van der Waals surface area (Å²) in [6, 6.07) is 17.4. The molecule has 7 rings (SSSR count). The van der Waals surface area contributed by atoms with Crippen LogP contribution in [0.4, 0.5) is 11.4 Å². The predicted octanol–water partition coefficient (Wildman–Crippen LogP) is 2.98. The van der Waals surface area contributed by atoms with Crippen molar-refractivity contribution in [1.29, 1.82) is 0 Å². The van der Waals surface area contributed by atoms with Crippen LogP contribution < -0.4 is 31.7 Å². The Morgan fingerprint density at radius 2 is 1.51 bits per heavy atom. The van der Waals surface area contributed by atoms with Gasteiger partial charge in [-0.2, -0.15) is 10.2 Å². The number of piperazine rings is 2. The second kappa shape index (κ2) is 16.6. The molecule has 0 aromatic heterocycles. The first-order valence-corrected chi connectivity index (χ1v) is 16.0. The van der Waals surface area contributed by atoms with Gasteiger partial charge in [0.1, 0.15) is 11.5 Å². The summed E-state index contributed by atoms with van der Waals surface area (Å²) >= 11 is 0. The number of hydrogen-bond donors (Lipinski definition) is 7. The van der Waals surface area contributed by atoms with Gasteiger partial charge in [-0.1, -0.05) is 30.3 Å². The molecule has 2 fully saturated rings. The number of allylic oxidation sites excluding steroid dienone is 1. The molecule has 7 N–H and O–H groups in total. The van der Waals surface area contributed by atoms with Gasteiger partial charge in [-0.3, -0.25) is 5.43 Å². The van der Waals surface area contributed by atoms with E-state index in [1.54, 1.807) is 37.3 Å². The summed E-state index contributed by atoms with van der Waals surface area (Å²) in [7, 11) is 0. The maximum Gasteiger partial charge on any atom is 0.335 e. The van der Waals surface area contributed by atoms with Gasteiger partial charge in [0, 0.05) is 57.9 Å². The highest BCUT2D eigenvalue weighted by Crippen LogP contribution is 2.36. The quantitative estimate of drug-likeness (QED) is 0.126. The first kappa shape index (κ1) is 33.5. The third kappa shape index (κ3) is 8.70. The molecule has 2 saturated heterocycles. The van der Waals surface area contributed by atoms with E-state index in [1.165, 1.54) is 28.3 Å². The Morgan fingerprint density at radius 1 is 0.872 bits per heavy atom. The number of aromatic carboxylic acids is 1. The summed E-state index contributed by atoms with van der Waals surface area (Å²) in [5, 5.41) is 43.4. The van der Waals surface area contributed by atoms with Crippen LogP contribution in [0.2, 0.25) is 0 Å². The van der Waals surface area contributed by atoms with Crippen LogP contribution in [0.15, 0.2) is 76.6 Å². The Bertz CT molecular complexity index is 1640. The molecular formula is C35H42N8O4. The Kier molecular flexibility index (Phi) is 11.9. The Hall–Kier alpha value is -4.84. The van der Waals surface area contributed by atoms with E-state index < -0.39 is 5.97 Å². The van der Waals surface area contributed by atoms with E-state index in [0.717, 1.165) is 77.3 Å². The van der Waals surface area contributed by atoms with E-state index >= 15 is 0 Å². The van der Waals surface area contributed by atoms with Crippen molar-refractivity contribution in [3.8, 4) is 16.9 Å². The van der Waals surface area contributed by atoms with Crippen molar-refractivity contribution in [2.45, 2.75) is 26.2 Å². The molecule has 3 heterocycles. The number of rotatable bonds is 5. The molecule has 3 aromatic carbocycles. The van der Waals surface area contributed by atoms with E-state index in [4.69, 9.17) is 0 Å². The number of nitrogens with zero attached hydrogens (tertiary/aromatic N) is 3. The van der Waals surface area contributed by atoms with E-state index in [0.29, 0.717) is 28.2 Å². The highest BCUT2D eigenvalue weighted by atomic mass is 16.4. The third-order valence-corrected chi connectivity index (χ3v) is 8.11. The van der Waals surface area contributed by atoms with Gasteiger partial charge < -0.3 is 31.5 Å². The lowest BCUT2D eigenvalue weighted by molar-refractivity contribution is 0.0697. The summed E-state index contributed by atoms with van der Waals surface area (Å²) in [5.41, 5.74) is 8.62. The summed E-state index contributed by atoms with van der Waals surface area (Å²) in [6.45, 7) is 10.9. The average molecular weight is 639 g/mol. The van der Waals surface area contributed by atoms with Gasteiger partial charge in [-0.05, 0) is 73.2 Å². The SMILES string of the molecule is C1CNCCN1.C1CNCCN1.CC1=NN(c2ccc3c(c2)CCC3)C(=C=O)C1=NNc1cccc(-c2cccc(C(=O)O)c2)c1O. The monoisotopic (exact) mass is 638 g/mol. The average Bonchev–Trinajstić information content (AvgIpc) is 3.73. The molecule has 12 heteroatoms. The molecule has 0 radical (unpaired) electrons. The minimum atomic E-state index is -1.05. The van der Waals surface area contributed by atoms with Gasteiger partial charge in [0.25, 0.3) is 0 Å². The number of benzene rings is 3. The zero-order chi connectivity index (χ0) is 33.0. The van der Waals surface area contributed by atoms with Crippen LogP contribution in [0.25, 0.3) is 11.1 Å². The lowest BCUT2D eigenvalue weighted by Crippen LogP contribution is -2.39. The first-order valence-electron chi connectivity index (χ1n) is 16.0. The molecule has 0 unspecified atom stereocenters. The van der Waals surface area contributed by atoms with Gasteiger partial charge in [0.15, 0.2) is 11.6 Å². The van der Waals surface area contributed by atoms with Crippen molar-refractivity contribution >= 4 is 34.7 Å². The van der Waals surface area contributed by atoms with Gasteiger partial charge in [0.2, 0.25) is 0 Å². The Balaban J connectivity index is 0.000000301. The van der Waals surface area contributed by atoms with E-state index in [1.807, 2.05) is 18.1 Å².